The van der Waals surface area contributed by atoms with Gasteiger partial charge in [0.15, 0.2) is 5.69 Å². The van der Waals surface area contributed by atoms with Gasteiger partial charge in [0.2, 0.25) is 0 Å². The van der Waals surface area contributed by atoms with E-state index in [4.69, 9.17) is 5.11 Å². The van der Waals surface area contributed by atoms with E-state index in [1.54, 1.807) is 12.2 Å². The third kappa shape index (κ3) is 1.94. The quantitative estimate of drug-likeness (QED) is 0.775. The Hall–Kier alpha value is -1.10. The topological polar surface area (TPSA) is 66.0 Å². The number of H-pyrrole nitrogens is 1. The van der Waals surface area contributed by atoms with Crippen molar-refractivity contribution in [2.45, 2.75) is 0 Å². The van der Waals surface area contributed by atoms with Crippen LogP contribution in [0.3, 0.4) is 0 Å². The van der Waals surface area contributed by atoms with Crippen LogP contribution in [-0.4, -0.2) is 26.6 Å². The molecular weight excluding hydrogens is 224 g/mol. The number of nitrogens with zero attached hydrogens (tertiary/aromatic N) is 1. The molecule has 0 fully saturated rings. The van der Waals surface area contributed by atoms with Crippen LogP contribution in [0.5, 0.6) is 0 Å². The van der Waals surface area contributed by atoms with Crippen molar-refractivity contribution in [3.63, 3.8) is 0 Å². The van der Waals surface area contributed by atoms with Gasteiger partial charge in [-0.25, -0.2) is 4.79 Å². The van der Waals surface area contributed by atoms with E-state index < -0.39 is 5.97 Å². The van der Waals surface area contributed by atoms with E-state index in [0.717, 1.165) is 0 Å². The SMILES string of the molecule is O=C(O)c1[nH]ncc1C=CCBr. The van der Waals surface area contributed by atoms with Crippen LogP contribution in [0.15, 0.2) is 12.3 Å². The van der Waals surface area contributed by atoms with E-state index in [2.05, 4.69) is 26.1 Å². The van der Waals surface area contributed by atoms with E-state index >= 15 is 0 Å². The smallest absolute Gasteiger partial charge is 0.354 e. The number of carboxylic acid groups (broad SMARTS) is 1. The number of aromatic carboxylic acids is 1. The molecule has 0 amide bonds. The maximum absolute atomic E-state index is 10.5. The fraction of sp³-hybridized carbons (Fsp3) is 0.143. The highest BCUT2D eigenvalue weighted by molar-refractivity contribution is 9.09. The molecule has 1 aromatic rings. The van der Waals surface area contributed by atoms with Crippen LogP contribution >= 0.6 is 15.9 Å². The molecule has 4 nitrogen and oxygen atoms in total. The van der Waals surface area contributed by atoms with Gasteiger partial charge in [0.05, 0.1) is 6.20 Å². The largest absolute Gasteiger partial charge is 0.477 e. The summed E-state index contributed by atoms with van der Waals surface area (Å²) < 4.78 is 0. The first-order chi connectivity index (χ1) is 5.75. The molecule has 12 heavy (non-hydrogen) atoms. The fourth-order valence-electron chi connectivity index (χ4n) is 0.765. The second kappa shape index (κ2) is 4.06. The molecule has 0 saturated carbocycles. The van der Waals surface area contributed by atoms with E-state index in [-0.39, 0.29) is 5.69 Å². The van der Waals surface area contributed by atoms with E-state index in [1.165, 1.54) is 6.20 Å². The molecule has 0 unspecified atom stereocenters. The van der Waals surface area contributed by atoms with Gasteiger partial charge >= 0.3 is 5.97 Å². The molecule has 0 aliphatic heterocycles. The average molecular weight is 231 g/mol. The molecule has 64 valence electrons. The molecule has 0 aromatic carbocycles. The summed E-state index contributed by atoms with van der Waals surface area (Å²) in [7, 11) is 0. The van der Waals surface area contributed by atoms with Crippen molar-refractivity contribution in [3.8, 4) is 0 Å². The molecule has 1 heterocycles. The zero-order valence-electron chi connectivity index (χ0n) is 6.12. The van der Waals surface area contributed by atoms with Crippen molar-refractivity contribution in [1.29, 1.82) is 0 Å². The van der Waals surface area contributed by atoms with E-state index in [0.29, 0.717) is 10.9 Å². The predicted octanol–water partition coefficient (Wildman–Crippen LogP) is 1.52. The Kier molecular flexibility index (Phi) is 3.04. The summed E-state index contributed by atoms with van der Waals surface area (Å²) in [5.41, 5.74) is 0.703. The lowest BCUT2D eigenvalue weighted by molar-refractivity contribution is 0.0690. The Morgan fingerprint density at radius 2 is 2.58 bits per heavy atom. The maximum atomic E-state index is 10.5. The highest BCUT2D eigenvalue weighted by atomic mass is 79.9. The van der Waals surface area contributed by atoms with Crippen LogP contribution in [-0.2, 0) is 0 Å². The first kappa shape index (κ1) is 8.99. The normalized spacial score (nSPS) is 10.8. The Morgan fingerprint density at radius 1 is 1.83 bits per heavy atom. The number of allylic oxidation sites excluding steroid dienone is 1. The van der Waals surface area contributed by atoms with Gasteiger partial charge in [0.1, 0.15) is 0 Å². The number of aromatic nitrogens is 2. The number of nitrogens with one attached hydrogen (secondary N) is 1. The summed E-state index contributed by atoms with van der Waals surface area (Å²) >= 11 is 3.19. The summed E-state index contributed by atoms with van der Waals surface area (Å²) in [5, 5.41) is 15.4. The highest BCUT2D eigenvalue weighted by Gasteiger charge is 2.08. The highest BCUT2D eigenvalue weighted by Crippen LogP contribution is 2.06. The number of alkyl halides is 1. The average Bonchev–Trinajstić information content (AvgIpc) is 2.48. The Labute approximate surface area is 77.4 Å². The zero-order valence-corrected chi connectivity index (χ0v) is 7.71. The maximum Gasteiger partial charge on any atom is 0.354 e. The first-order valence-corrected chi connectivity index (χ1v) is 4.37. The van der Waals surface area contributed by atoms with Gasteiger partial charge < -0.3 is 5.11 Å². The molecule has 0 radical (unpaired) electrons. The lowest BCUT2D eigenvalue weighted by Crippen LogP contribution is -1.98. The van der Waals surface area contributed by atoms with Crippen LogP contribution in [0.2, 0.25) is 0 Å². The number of aromatic amines is 1. The van der Waals surface area contributed by atoms with Gasteiger partial charge in [0.25, 0.3) is 0 Å². The molecule has 0 bridgehead atoms. The van der Waals surface area contributed by atoms with Crippen molar-refractivity contribution >= 4 is 28.0 Å². The van der Waals surface area contributed by atoms with Gasteiger partial charge in [0, 0.05) is 10.9 Å². The molecule has 0 atom stereocenters. The Morgan fingerprint density at radius 3 is 3.17 bits per heavy atom. The minimum absolute atomic E-state index is 0.118. The lowest BCUT2D eigenvalue weighted by Gasteiger charge is -1.88. The van der Waals surface area contributed by atoms with Gasteiger partial charge in [-0.1, -0.05) is 28.1 Å². The number of hydrogen-bond acceptors (Lipinski definition) is 2. The van der Waals surface area contributed by atoms with Crippen LogP contribution in [0.4, 0.5) is 0 Å². The standard InChI is InChI=1S/C7H7BrN2O2/c8-3-1-2-5-4-9-10-6(5)7(11)12/h1-2,4H,3H2,(H,9,10)(H,11,12). The molecular formula is C7H7BrN2O2. The van der Waals surface area contributed by atoms with Gasteiger partial charge in [-0.2, -0.15) is 5.10 Å². The van der Waals surface area contributed by atoms with Gasteiger partial charge in [-0.3, -0.25) is 5.10 Å². The summed E-state index contributed by atoms with van der Waals surface area (Å²) in [6, 6.07) is 0. The second-order valence-corrected chi connectivity index (χ2v) is 2.71. The second-order valence-electron chi connectivity index (χ2n) is 2.06. The van der Waals surface area contributed by atoms with Crippen molar-refractivity contribution in [2.75, 3.05) is 5.33 Å². The van der Waals surface area contributed by atoms with Crippen LogP contribution in [0.25, 0.3) is 6.08 Å². The van der Waals surface area contributed by atoms with Crippen LogP contribution in [0.1, 0.15) is 16.1 Å². The van der Waals surface area contributed by atoms with E-state index in [1.807, 2.05) is 0 Å². The Balaban J connectivity index is 2.91. The molecule has 5 heteroatoms. The predicted molar refractivity (Wildman–Crippen MR) is 48.4 cm³/mol. The van der Waals surface area contributed by atoms with Crippen molar-refractivity contribution in [3.05, 3.63) is 23.5 Å². The number of hydrogen-bond donors (Lipinski definition) is 2. The summed E-state index contributed by atoms with van der Waals surface area (Å²) in [4.78, 5) is 10.5. The molecule has 0 spiro atoms. The minimum Gasteiger partial charge on any atom is -0.477 e. The van der Waals surface area contributed by atoms with Crippen molar-refractivity contribution in [2.24, 2.45) is 0 Å². The number of carbonyl (C=O) groups is 1. The summed E-state index contributed by atoms with van der Waals surface area (Å²) in [6.07, 6.45) is 4.97. The number of carboxylic acids is 1. The molecule has 0 aliphatic carbocycles. The third-order valence-electron chi connectivity index (χ3n) is 1.27. The van der Waals surface area contributed by atoms with Crippen molar-refractivity contribution in [1.82, 2.24) is 10.2 Å². The molecule has 0 saturated heterocycles. The molecule has 1 rings (SSSR count). The monoisotopic (exact) mass is 230 g/mol. The zero-order chi connectivity index (χ0) is 8.97. The molecule has 0 aliphatic rings. The first-order valence-electron chi connectivity index (χ1n) is 3.25. The van der Waals surface area contributed by atoms with Gasteiger partial charge in [-0.15, -0.1) is 0 Å². The van der Waals surface area contributed by atoms with E-state index in [9.17, 15) is 4.79 Å². The Bertz CT molecular complexity index is 306. The lowest BCUT2D eigenvalue weighted by atomic mass is 10.2. The fourth-order valence-corrected chi connectivity index (χ4v) is 0.952. The summed E-state index contributed by atoms with van der Waals surface area (Å²) in [5.74, 6) is -0.998. The summed E-state index contributed by atoms with van der Waals surface area (Å²) in [6.45, 7) is 0. The van der Waals surface area contributed by atoms with Gasteiger partial charge in [-0.05, 0) is 0 Å². The molecule has 2 N–H and O–H groups in total. The van der Waals surface area contributed by atoms with Crippen molar-refractivity contribution < 1.29 is 9.90 Å². The van der Waals surface area contributed by atoms with Crippen LogP contribution in [0, 0.1) is 0 Å². The van der Waals surface area contributed by atoms with Crippen LogP contribution < -0.4 is 0 Å². The number of halogens is 1. The third-order valence-corrected chi connectivity index (χ3v) is 1.64. The minimum atomic E-state index is -0.998. The molecule has 1 aromatic heterocycles. The number of rotatable bonds is 3.